The Bertz CT molecular complexity index is 641. The van der Waals surface area contributed by atoms with E-state index in [1.165, 1.54) is 0 Å². The highest BCUT2D eigenvalue weighted by atomic mass is 16.5. The van der Waals surface area contributed by atoms with Gasteiger partial charge in [0.15, 0.2) is 6.10 Å². The minimum atomic E-state index is -0.493. The molecule has 6 heteroatoms. The SMILES string of the molecule is COCCN1CC2(CCC1=O)CCN(C(=O)[C@H](C)Oc1ccccc1)CC2. The highest BCUT2D eigenvalue weighted by Crippen LogP contribution is 2.40. The molecule has 2 saturated heterocycles. The molecule has 148 valence electrons. The van der Waals surface area contributed by atoms with Gasteiger partial charge in [0.05, 0.1) is 6.61 Å². The summed E-state index contributed by atoms with van der Waals surface area (Å²) in [6.45, 7) is 5.28. The van der Waals surface area contributed by atoms with Crippen molar-refractivity contribution >= 4 is 11.8 Å². The van der Waals surface area contributed by atoms with Gasteiger partial charge in [0.25, 0.3) is 5.91 Å². The van der Waals surface area contributed by atoms with Crippen molar-refractivity contribution in [2.75, 3.05) is 39.9 Å². The molecule has 1 aromatic carbocycles. The lowest BCUT2D eigenvalue weighted by atomic mass is 9.72. The van der Waals surface area contributed by atoms with Crippen molar-refractivity contribution in [3.05, 3.63) is 30.3 Å². The van der Waals surface area contributed by atoms with Crippen molar-refractivity contribution in [2.24, 2.45) is 5.41 Å². The summed E-state index contributed by atoms with van der Waals surface area (Å²) in [5.41, 5.74) is 0.141. The van der Waals surface area contributed by atoms with Crippen molar-refractivity contribution in [2.45, 2.75) is 38.7 Å². The van der Waals surface area contributed by atoms with E-state index in [1.807, 2.05) is 47.1 Å². The van der Waals surface area contributed by atoms with Crippen LogP contribution in [0.5, 0.6) is 5.75 Å². The molecular weight excluding hydrogens is 344 g/mol. The topological polar surface area (TPSA) is 59.1 Å². The molecule has 0 radical (unpaired) electrons. The first-order valence-electron chi connectivity index (χ1n) is 9.80. The Hall–Kier alpha value is -2.08. The lowest BCUT2D eigenvalue weighted by molar-refractivity contribution is -0.145. The van der Waals surface area contributed by atoms with Crippen LogP contribution in [0.2, 0.25) is 0 Å². The molecule has 2 heterocycles. The zero-order valence-electron chi connectivity index (χ0n) is 16.4. The van der Waals surface area contributed by atoms with Gasteiger partial charge in [-0.05, 0) is 43.7 Å². The second kappa shape index (κ2) is 8.74. The summed E-state index contributed by atoms with van der Waals surface area (Å²) in [5, 5.41) is 0. The van der Waals surface area contributed by atoms with Crippen LogP contribution in [0.15, 0.2) is 30.3 Å². The van der Waals surface area contributed by atoms with Crippen molar-refractivity contribution in [3.8, 4) is 5.75 Å². The number of hydrogen-bond acceptors (Lipinski definition) is 4. The molecule has 1 atom stereocenters. The quantitative estimate of drug-likeness (QED) is 0.767. The molecule has 2 aliphatic rings. The van der Waals surface area contributed by atoms with Crippen LogP contribution in [0.4, 0.5) is 0 Å². The molecule has 3 rings (SSSR count). The Morgan fingerprint density at radius 3 is 2.56 bits per heavy atom. The molecule has 0 unspecified atom stereocenters. The van der Waals surface area contributed by atoms with E-state index in [-0.39, 0.29) is 17.2 Å². The van der Waals surface area contributed by atoms with Crippen molar-refractivity contribution in [3.63, 3.8) is 0 Å². The number of methoxy groups -OCH3 is 1. The Balaban J connectivity index is 1.53. The predicted molar refractivity (Wildman–Crippen MR) is 102 cm³/mol. The summed E-state index contributed by atoms with van der Waals surface area (Å²) in [5.74, 6) is 0.976. The fourth-order valence-corrected chi connectivity index (χ4v) is 4.13. The van der Waals surface area contributed by atoms with Crippen LogP contribution in [-0.4, -0.2) is 67.6 Å². The van der Waals surface area contributed by atoms with Gasteiger partial charge in [-0.2, -0.15) is 0 Å². The maximum absolute atomic E-state index is 12.8. The van der Waals surface area contributed by atoms with Crippen LogP contribution in [0.1, 0.15) is 32.6 Å². The number of nitrogens with zero attached hydrogens (tertiary/aromatic N) is 2. The first-order chi connectivity index (χ1) is 13.0. The molecule has 0 aromatic heterocycles. The van der Waals surface area contributed by atoms with Crippen LogP contribution in [-0.2, 0) is 14.3 Å². The van der Waals surface area contributed by atoms with Gasteiger partial charge in [-0.1, -0.05) is 18.2 Å². The van der Waals surface area contributed by atoms with E-state index in [2.05, 4.69) is 0 Å². The smallest absolute Gasteiger partial charge is 0.263 e. The van der Waals surface area contributed by atoms with Crippen molar-refractivity contribution < 1.29 is 19.1 Å². The third-order valence-electron chi connectivity index (χ3n) is 5.85. The Morgan fingerprint density at radius 1 is 1.19 bits per heavy atom. The van der Waals surface area contributed by atoms with Gasteiger partial charge in [-0.3, -0.25) is 9.59 Å². The Morgan fingerprint density at radius 2 is 1.89 bits per heavy atom. The summed E-state index contributed by atoms with van der Waals surface area (Å²) in [4.78, 5) is 28.7. The first-order valence-corrected chi connectivity index (χ1v) is 9.80. The van der Waals surface area contributed by atoms with Crippen LogP contribution < -0.4 is 4.74 Å². The average molecular weight is 374 g/mol. The second-order valence-corrected chi connectivity index (χ2v) is 7.71. The maximum Gasteiger partial charge on any atom is 0.263 e. The standard InChI is InChI=1S/C21H30N2O4/c1-17(27-18-6-4-3-5-7-18)20(25)22-12-10-21(11-13-22)9-8-19(24)23(16-21)14-15-26-2/h3-7,17H,8-16H2,1-2H3/t17-/m0/s1. The van der Waals surface area contributed by atoms with Crippen molar-refractivity contribution in [1.82, 2.24) is 9.80 Å². The molecule has 0 bridgehead atoms. The van der Waals surface area contributed by atoms with Gasteiger partial charge in [-0.15, -0.1) is 0 Å². The van der Waals surface area contributed by atoms with Crippen molar-refractivity contribution in [1.29, 1.82) is 0 Å². The fraction of sp³-hybridized carbons (Fsp3) is 0.619. The van der Waals surface area contributed by atoms with Crippen LogP contribution in [0.3, 0.4) is 0 Å². The number of carbonyl (C=O) groups is 2. The molecule has 0 saturated carbocycles. The lowest BCUT2D eigenvalue weighted by Gasteiger charge is -2.47. The minimum absolute atomic E-state index is 0.0387. The predicted octanol–water partition coefficient (Wildman–Crippen LogP) is 2.33. The number of piperidine rings is 2. The van der Waals surface area contributed by atoms with Gasteiger partial charge < -0.3 is 19.3 Å². The summed E-state index contributed by atoms with van der Waals surface area (Å²) in [7, 11) is 1.66. The van der Waals surface area contributed by atoms with E-state index in [0.717, 1.165) is 38.9 Å². The monoisotopic (exact) mass is 374 g/mol. The first kappa shape index (κ1) is 19.7. The zero-order valence-corrected chi connectivity index (χ0v) is 16.4. The Kier molecular flexibility index (Phi) is 6.37. The summed E-state index contributed by atoms with van der Waals surface area (Å²) < 4.78 is 10.9. The molecule has 2 aliphatic heterocycles. The number of benzene rings is 1. The maximum atomic E-state index is 12.8. The number of hydrogen-bond donors (Lipinski definition) is 0. The number of para-hydroxylation sites is 1. The Labute approximate surface area is 161 Å². The van der Waals surface area contributed by atoms with Gasteiger partial charge in [0.2, 0.25) is 5.91 Å². The van der Waals surface area contributed by atoms with E-state index < -0.39 is 6.10 Å². The molecule has 0 aliphatic carbocycles. The molecule has 0 N–H and O–H groups in total. The summed E-state index contributed by atoms with van der Waals surface area (Å²) in [6, 6.07) is 9.45. The number of rotatable bonds is 6. The second-order valence-electron chi connectivity index (χ2n) is 7.71. The normalized spacial score (nSPS) is 20.6. The number of likely N-dealkylation sites (tertiary alicyclic amines) is 2. The van der Waals surface area contributed by atoms with E-state index in [9.17, 15) is 9.59 Å². The molecule has 1 spiro atoms. The van der Waals surface area contributed by atoms with Gasteiger partial charge >= 0.3 is 0 Å². The minimum Gasteiger partial charge on any atom is -0.481 e. The zero-order chi connectivity index (χ0) is 19.3. The average Bonchev–Trinajstić information content (AvgIpc) is 2.70. The molecule has 6 nitrogen and oxygen atoms in total. The molecule has 2 fully saturated rings. The van der Waals surface area contributed by atoms with E-state index in [1.54, 1.807) is 7.11 Å². The van der Waals surface area contributed by atoms with E-state index in [0.29, 0.717) is 25.3 Å². The molecule has 1 aromatic rings. The van der Waals surface area contributed by atoms with Crippen LogP contribution in [0, 0.1) is 5.41 Å². The summed E-state index contributed by atoms with van der Waals surface area (Å²) >= 11 is 0. The summed E-state index contributed by atoms with van der Waals surface area (Å²) in [6.07, 6.45) is 2.91. The lowest BCUT2D eigenvalue weighted by Crippen LogP contribution is -2.54. The molecule has 27 heavy (non-hydrogen) atoms. The van der Waals surface area contributed by atoms with E-state index in [4.69, 9.17) is 9.47 Å². The highest BCUT2D eigenvalue weighted by Gasteiger charge is 2.42. The number of ether oxygens (including phenoxy) is 2. The number of amides is 2. The van der Waals surface area contributed by atoms with Crippen LogP contribution >= 0.6 is 0 Å². The number of carbonyl (C=O) groups excluding carboxylic acids is 2. The van der Waals surface area contributed by atoms with Gasteiger partial charge in [0.1, 0.15) is 5.75 Å². The molecular formula is C21H30N2O4. The third-order valence-corrected chi connectivity index (χ3v) is 5.85. The highest BCUT2D eigenvalue weighted by molar-refractivity contribution is 5.81. The fourth-order valence-electron chi connectivity index (χ4n) is 4.13. The van der Waals surface area contributed by atoms with Gasteiger partial charge in [-0.25, -0.2) is 0 Å². The van der Waals surface area contributed by atoms with Crippen LogP contribution in [0.25, 0.3) is 0 Å². The molecule has 2 amide bonds. The van der Waals surface area contributed by atoms with Gasteiger partial charge in [0, 0.05) is 39.7 Å². The van der Waals surface area contributed by atoms with E-state index >= 15 is 0 Å². The third kappa shape index (κ3) is 4.80. The largest absolute Gasteiger partial charge is 0.481 e.